The van der Waals surface area contributed by atoms with E-state index in [-0.39, 0.29) is 0 Å². The molecule has 1 aromatic heterocycles. The van der Waals surface area contributed by atoms with Crippen LogP contribution in [-0.4, -0.2) is 4.57 Å². The number of benzene rings is 2. The fourth-order valence-corrected chi connectivity index (χ4v) is 2.32. The van der Waals surface area contributed by atoms with Crippen LogP contribution in [0.25, 0.3) is 10.9 Å². The lowest BCUT2D eigenvalue weighted by Gasteiger charge is -2.08. The first kappa shape index (κ1) is 12.6. The lowest BCUT2D eigenvalue weighted by Crippen LogP contribution is -1.87. The van der Waals surface area contributed by atoms with Crippen LogP contribution in [0.5, 0.6) is 11.5 Å². The second kappa shape index (κ2) is 4.92. The molecule has 20 heavy (non-hydrogen) atoms. The number of nitriles is 1. The van der Waals surface area contributed by atoms with E-state index >= 15 is 0 Å². The largest absolute Gasteiger partial charge is 0.456 e. The average molecular weight is 283 g/mol. The van der Waals surface area contributed by atoms with Crippen molar-refractivity contribution in [1.82, 2.24) is 4.57 Å². The van der Waals surface area contributed by atoms with E-state index in [0.717, 1.165) is 16.7 Å². The highest BCUT2D eigenvalue weighted by Gasteiger charge is 2.06. The number of hydrogen-bond acceptors (Lipinski definition) is 2. The summed E-state index contributed by atoms with van der Waals surface area (Å²) >= 11 is 6.10. The summed E-state index contributed by atoms with van der Waals surface area (Å²) in [5.74, 6) is 1.26. The highest BCUT2D eigenvalue weighted by molar-refractivity contribution is 6.32. The van der Waals surface area contributed by atoms with Gasteiger partial charge in [-0.3, -0.25) is 0 Å². The second-order valence-electron chi connectivity index (χ2n) is 4.51. The van der Waals surface area contributed by atoms with Crippen molar-refractivity contribution in [3.05, 3.63) is 59.2 Å². The van der Waals surface area contributed by atoms with E-state index in [0.29, 0.717) is 16.3 Å². The van der Waals surface area contributed by atoms with Gasteiger partial charge in [0.15, 0.2) is 0 Å². The van der Waals surface area contributed by atoms with E-state index in [1.54, 1.807) is 18.2 Å². The maximum atomic E-state index is 8.81. The third kappa shape index (κ3) is 2.22. The van der Waals surface area contributed by atoms with Crippen LogP contribution in [-0.2, 0) is 7.05 Å². The summed E-state index contributed by atoms with van der Waals surface area (Å²) in [4.78, 5) is 0. The molecule has 0 unspecified atom stereocenters. The summed E-state index contributed by atoms with van der Waals surface area (Å²) in [6, 6.07) is 14.9. The van der Waals surface area contributed by atoms with Gasteiger partial charge in [0.1, 0.15) is 11.5 Å². The molecule has 0 atom stereocenters. The predicted molar refractivity (Wildman–Crippen MR) is 79.2 cm³/mol. The van der Waals surface area contributed by atoms with E-state index in [9.17, 15) is 0 Å². The second-order valence-corrected chi connectivity index (χ2v) is 4.91. The molecule has 0 aliphatic heterocycles. The summed E-state index contributed by atoms with van der Waals surface area (Å²) in [5, 5.41) is 10.3. The van der Waals surface area contributed by atoms with Crippen LogP contribution in [0.1, 0.15) is 5.56 Å². The number of ether oxygens (including phenoxy) is 1. The first-order valence-corrected chi connectivity index (χ1v) is 6.48. The van der Waals surface area contributed by atoms with Gasteiger partial charge in [0, 0.05) is 24.1 Å². The van der Waals surface area contributed by atoms with Crippen LogP contribution in [0.15, 0.2) is 48.7 Å². The van der Waals surface area contributed by atoms with Crippen LogP contribution < -0.4 is 4.74 Å². The normalized spacial score (nSPS) is 10.4. The summed E-state index contributed by atoms with van der Waals surface area (Å²) in [7, 11) is 2.00. The molecule has 3 aromatic rings. The summed E-state index contributed by atoms with van der Waals surface area (Å²) in [5.41, 5.74) is 1.66. The van der Waals surface area contributed by atoms with E-state index in [1.165, 1.54) is 0 Å². The van der Waals surface area contributed by atoms with Gasteiger partial charge in [-0.15, -0.1) is 0 Å². The van der Waals surface area contributed by atoms with Crippen molar-refractivity contribution < 1.29 is 4.74 Å². The van der Waals surface area contributed by atoms with Crippen LogP contribution in [0.4, 0.5) is 0 Å². The first-order chi connectivity index (χ1) is 9.67. The number of nitrogens with zero attached hydrogens (tertiary/aromatic N) is 2. The van der Waals surface area contributed by atoms with Gasteiger partial charge in [0.2, 0.25) is 0 Å². The Morgan fingerprint density at radius 1 is 1.15 bits per heavy atom. The van der Waals surface area contributed by atoms with Gasteiger partial charge in [-0.2, -0.15) is 5.26 Å². The zero-order chi connectivity index (χ0) is 14.1. The highest BCUT2D eigenvalue weighted by atomic mass is 35.5. The SMILES string of the molecule is Cn1ccc2cc(Oc3ccc(C#N)cc3Cl)ccc21. The third-order valence-corrected chi connectivity index (χ3v) is 3.44. The van der Waals surface area contributed by atoms with Crippen LogP contribution in [0, 0.1) is 11.3 Å². The van der Waals surface area contributed by atoms with Crippen molar-refractivity contribution >= 4 is 22.5 Å². The number of halogens is 1. The fraction of sp³-hybridized carbons (Fsp3) is 0.0625. The molecular formula is C16H11ClN2O. The molecule has 1 heterocycles. The summed E-state index contributed by atoms with van der Waals surface area (Å²) in [6.45, 7) is 0. The Kier molecular flexibility index (Phi) is 3.09. The molecule has 0 aliphatic carbocycles. The Bertz CT molecular complexity index is 830. The topological polar surface area (TPSA) is 38.0 Å². The van der Waals surface area contributed by atoms with Crippen molar-refractivity contribution in [3.63, 3.8) is 0 Å². The number of aryl methyl sites for hydroxylation is 1. The molecule has 0 bridgehead atoms. The van der Waals surface area contributed by atoms with Gasteiger partial charge in [-0.1, -0.05) is 11.6 Å². The zero-order valence-corrected chi connectivity index (χ0v) is 11.6. The Labute approximate surface area is 121 Å². The fourth-order valence-electron chi connectivity index (χ4n) is 2.10. The molecule has 0 amide bonds. The molecule has 0 saturated heterocycles. The van der Waals surface area contributed by atoms with Gasteiger partial charge < -0.3 is 9.30 Å². The molecule has 4 heteroatoms. The first-order valence-electron chi connectivity index (χ1n) is 6.10. The molecule has 3 rings (SSSR count). The van der Waals surface area contributed by atoms with Crippen molar-refractivity contribution in [2.45, 2.75) is 0 Å². The van der Waals surface area contributed by atoms with Crippen molar-refractivity contribution in [2.75, 3.05) is 0 Å². The molecule has 0 fully saturated rings. The van der Waals surface area contributed by atoms with Crippen molar-refractivity contribution in [2.24, 2.45) is 7.05 Å². The summed E-state index contributed by atoms with van der Waals surface area (Å²) < 4.78 is 7.82. The minimum Gasteiger partial charge on any atom is -0.456 e. The van der Waals surface area contributed by atoms with E-state index in [1.807, 2.05) is 48.1 Å². The van der Waals surface area contributed by atoms with Crippen LogP contribution in [0.2, 0.25) is 5.02 Å². The third-order valence-electron chi connectivity index (χ3n) is 3.15. The van der Waals surface area contributed by atoms with Crippen molar-refractivity contribution in [3.8, 4) is 17.6 Å². The standard InChI is InChI=1S/C16H11ClN2O/c1-19-7-6-12-9-13(3-4-15(12)19)20-16-5-2-11(10-18)8-14(16)17/h2-9H,1H3. The zero-order valence-electron chi connectivity index (χ0n) is 10.8. The quantitative estimate of drug-likeness (QED) is 0.694. The number of aromatic nitrogens is 1. The van der Waals surface area contributed by atoms with Gasteiger partial charge in [-0.05, 0) is 42.5 Å². The van der Waals surface area contributed by atoms with E-state index < -0.39 is 0 Å². The van der Waals surface area contributed by atoms with E-state index in [4.69, 9.17) is 21.6 Å². The highest BCUT2D eigenvalue weighted by Crippen LogP contribution is 2.31. The summed E-state index contributed by atoms with van der Waals surface area (Å²) in [6.07, 6.45) is 2.00. The lowest BCUT2D eigenvalue weighted by atomic mass is 10.2. The number of hydrogen-bond donors (Lipinski definition) is 0. The molecule has 0 radical (unpaired) electrons. The van der Waals surface area contributed by atoms with Gasteiger partial charge in [0.05, 0.1) is 16.7 Å². The Balaban J connectivity index is 1.95. The van der Waals surface area contributed by atoms with Gasteiger partial charge >= 0.3 is 0 Å². The molecule has 0 spiro atoms. The minimum absolute atomic E-state index is 0.428. The van der Waals surface area contributed by atoms with Crippen molar-refractivity contribution in [1.29, 1.82) is 5.26 Å². The Morgan fingerprint density at radius 2 is 2.00 bits per heavy atom. The molecule has 98 valence electrons. The Morgan fingerprint density at radius 3 is 2.75 bits per heavy atom. The van der Waals surface area contributed by atoms with Gasteiger partial charge in [-0.25, -0.2) is 0 Å². The number of fused-ring (bicyclic) bond motifs is 1. The average Bonchev–Trinajstić information content (AvgIpc) is 2.82. The molecule has 0 aliphatic rings. The molecule has 3 nitrogen and oxygen atoms in total. The molecule has 0 saturated carbocycles. The lowest BCUT2D eigenvalue weighted by molar-refractivity contribution is 0.483. The van der Waals surface area contributed by atoms with Crippen LogP contribution >= 0.6 is 11.6 Å². The number of rotatable bonds is 2. The molecule has 2 aromatic carbocycles. The molecular weight excluding hydrogens is 272 g/mol. The monoisotopic (exact) mass is 282 g/mol. The minimum atomic E-state index is 0.428. The smallest absolute Gasteiger partial charge is 0.146 e. The molecule has 0 N–H and O–H groups in total. The predicted octanol–water partition coefficient (Wildman–Crippen LogP) is 4.50. The van der Waals surface area contributed by atoms with E-state index in [2.05, 4.69) is 0 Å². The maximum Gasteiger partial charge on any atom is 0.146 e. The van der Waals surface area contributed by atoms with Gasteiger partial charge in [0.25, 0.3) is 0 Å². The van der Waals surface area contributed by atoms with Crippen LogP contribution in [0.3, 0.4) is 0 Å². The maximum absolute atomic E-state index is 8.81. The Hall–Kier alpha value is -2.44.